The van der Waals surface area contributed by atoms with Crippen molar-refractivity contribution in [3.05, 3.63) is 63.7 Å². The number of halogens is 1. The van der Waals surface area contributed by atoms with E-state index in [1.807, 2.05) is 42.5 Å². The summed E-state index contributed by atoms with van der Waals surface area (Å²) in [5.74, 6) is -0.0797. The fraction of sp³-hybridized carbons (Fsp3) is 0.176. The number of hydrogen-bond acceptors (Lipinski definition) is 4. The molecular weight excluding hydrogens is 409 g/mol. The lowest BCUT2D eigenvalue weighted by atomic mass is 10.2. The first-order chi connectivity index (χ1) is 11.2. The molecule has 2 aromatic carbocycles. The third kappa shape index (κ3) is 5.90. The number of amides is 1. The number of ether oxygens (including phenoxy) is 2. The van der Waals surface area contributed by atoms with Crippen molar-refractivity contribution in [2.75, 3.05) is 19.8 Å². The smallest absolute Gasteiger partial charge is 0.325 e. The number of rotatable bonds is 7. The maximum Gasteiger partial charge on any atom is 0.325 e. The molecule has 120 valence electrons. The van der Waals surface area contributed by atoms with E-state index in [2.05, 4.69) is 27.9 Å². The van der Waals surface area contributed by atoms with Gasteiger partial charge in [0.15, 0.2) is 0 Å². The van der Waals surface area contributed by atoms with Crippen LogP contribution in [-0.4, -0.2) is 31.6 Å². The first-order valence-electron chi connectivity index (χ1n) is 7.03. The molecule has 1 amide bonds. The van der Waals surface area contributed by atoms with Crippen LogP contribution in [-0.2, 0) is 9.53 Å². The number of benzene rings is 2. The molecule has 0 atom stereocenters. The molecule has 0 aliphatic carbocycles. The van der Waals surface area contributed by atoms with Crippen LogP contribution in [0.5, 0.6) is 5.75 Å². The molecule has 0 aromatic heterocycles. The summed E-state index contributed by atoms with van der Waals surface area (Å²) in [5.41, 5.74) is 0.535. The highest BCUT2D eigenvalue weighted by atomic mass is 127. The van der Waals surface area contributed by atoms with Gasteiger partial charge < -0.3 is 14.8 Å². The van der Waals surface area contributed by atoms with E-state index >= 15 is 0 Å². The molecule has 5 nitrogen and oxygen atoms in total. The van der Waals surface area contributed by atoms with Crippen molar-refractivity contribution in [1.82, 2.24) is 5.32 Å². The van der Waals surface area contributed by atoms with Gasteiger partial charge in [0.25, 0.3) is 5.91 Å². The molecule has 0 heterocycles. The quantitative estimate of drug-likeness (QED) is 0.421. The molecule has 1 N–H and O–H groups in total. The molecule has 0 saturated carbocycles. The summed E-state index contributed by atoms with van der Waals surface area (Å²) in [6.45, 7) is 0.224. The zero-order valence-electron chi connectivity index (χ0n) is 12.3. The average molecular weight is 425 g/mol. The third-order valence-electron chi connectivity index (χ3n) is 2.87. The van der Waals surface area contributed by atoms with Crippen molar-refractivity contribution in [2.24, 2.45) is 0 Å². The van der Waals surface area contributed by atoms with Crippen LogP contribution in [0, 0.1) is 3.57 Å². The number of esters is 1. The Bertz CT molecular complexity index is 661. The lowest BCUT2D eigenvalue weighted by Crippen LogP contribution is -2.31. The maximum absolute atomic E-state index is 11.9. The second-order valence-electron chi connectivity index (χ2n) is 4.54. The molecule has 2 aromatic rings. The van der Waals surface area contributed by atoms with Crippen LogP contribution in [0.3, 0.4) is 0 Å². The molecule has 0 spiro atoms. The van der Waals surface area contributed by atoms with E-state index in [9.17, 15) is 9.59 Å². The van der Waals surface area contributed by atoms with Crippen molar-refractivity contribution >= 4 is 34.5 Å². The molecule has 0 aliphatic rings. The molecule has 0 saturated heterocycles. The molecule has 0 fully saturated rings. The van der Waals surface area contributed by atoms with Gasteiger partial charge in [-0.15, -0.1) is 0 Å². The van der Waals surface area contributed by atoms with Gasteiger partial charge in [-0.2, -0.15) is 0 Å². The van der Waals surface area contributed by atoms with Crippen LogP contribution in [0.4, 0.5) is 0 Å². The predicted octanol–water partition coefficient (Wildman–Crippen LogP) is 2.64. The van der Waals surface area contributed by atoms with Crippen LogP contribution < -0.4 is 10.1 Å². The number of para-hydroxylation sites is 1. The summed E-state index contributed by atoms with van der Waals surface area (Å²) in [7, 11) is 0. The molecule has 23 heavy (non-hydrogen) atoms. The van der Waals surface area contributed by atoms with Crippen LogP contribution >= 0.6 is 22.6 Å². The highest BCUT2D eigenvalue weighted by molar-refractivity contribution is 14.1. The number of carbonyl (C=O) groups excluding carboxylic acids is 2. The van der Waals surface area contributed by atoms with Gasteiger partial charge in [-0.05, 0) is 46.9 Å². The topological polar surface area (TPSA) is 64.6 Å². The number of nitrogens with one attached hydrogen (secondary N) is 1. The second kappa shape index (κ2) is 9.14. The maximum atomic E-state index is 11.9. The van der Waals surface area contributed by atoms with Crippen molar-refractivity contribution in [3.8, 4) is 5.75 Å². The Morgan fingerprint density at radius 1 is 0.957 bits per heavy atom. The first kappa shape index (κ1) is 17.3. The minimum Gasteiger partial charge on any atom is -0.490 e. The van der Waals surface area contributed by atoms with E-state index in [0.29, 0.717) is 5.56 Å². The summed E-state index contributed by atoms with van der Waals surface area (Å²) >= 11 is 2.07. The zero-order chi connectivity index (χ0) is 16.5. The Balaban J connectivity index is 1.65. The van der Waals surface area contributed by atoms with Gasteiger partial charge in [0.05, 0.1) is 5.56 Å². The van der Waals surface area contributed by atoms with Gasteiger partial charge in [0.2, 0.25) is 0 Å². The van der Waals surface area contributed by atoms with Crippen LogP contribution in [0.1, 0.15) is 10.4 Å². The normalized spacial score (nSPS) is 9.96. The van der Waals surface area contributed by atoms with Crippen molar-refractivity contribution in [1.29, 1.82) is 0 Å². The summed E-state index contributed by atoms with van der Waals surface area (Å²) in [6, 6.07) is 16.4. The minimum atomic E-state index is -0.499. The van der Waals surface area contributed by atoms with Crippen LogP contribution in [0.25, 0.3) is 0 Å². The zero-order valence-corrected chi connectivity index (χ0v) is 14.5. The highest BCUT2D eigenvalue weighted by Gasteiger charge is 2.11. The summed E-state index contributed by atoms with van der Waals surface area (Å²) in [4.78, 5) is 23.5. The van der Waals surface area contributed by atoms with Crippen molar-refractivity contribution in [2.45, 2.75) is 0 Å². The average Bonchev–Trinajstić information content (AvgIpc) is 2.58. The summed E-state index contributed by atoms with van der Waals surface area (Å²) in [5, 5.41) is 2.54. The van der Waals surface area contributed by atoms with Gasteiger partial charge in [-0.3, -0.25) is 9.59 Å². The first-order valence-corrected chi connectivity index (χ1v) is 8.11. The lowest BCUT2D eigenvalue weighted by Gasteiger charge is -2.08. The third-order valence-corrected chi connectivity index (χ3v) is 3.81. The SMILES string of the molecule is O=C(CNC(=O)c1ccccc1I)OCCOc1ccccc1. The van der Waals surface area contributed by atoms with Gasteiger partial charge >= 0.3 is 5.97 Å². The molecule has 0 aliphatic heterocycles. The van der Waals surface area contributed by atoms with Gasteiger partial charge in [0, 0.05) is 3.57 Å². The van der Waals surface area contributed by atoms with Crippen molar-refractivity contribution < 1.29 is 19.1 Å². The van der Waals surface area contributed by atoms with E-state index in [0.717, 1.165) is 9.32 Å². The Kier molecular flexibility index (Phi) is 6.86. The molecular formula is C17H16INO4. The Morgan fingerprint density at radius 2 is 1.65 bits per heavy atom. The standard InChI is InChI=1S/C17H16INO4/c18-15-9-5-4-8-14(15)17(21)19-12-16(20)23-11-10-22-13-6-2-1-3-7-13/h1-9H,10-12H2,(H,19,21). The van der Waals surface area contributed by atoms with Crippen LogP contribution in [0.15, 0.2) is 54.6 Å². The Morgan fingerprint density at radius 3 is 2.39 bits per heavy atom. The highest BCUT2D eigenvalue weighted by Crippen LogP contribution is 2.11. The second-order valence-corrected chi connectivity index (χ2v) is 5.71. The number of carbonyl (C=O) groups is 2. The fourth-order valence-corrected chi connectivity index (χ4v) is 2.41. The van der Waals surface area contributed by atoms with E-state index in [1.54, 1.807) is 12.1 Å². The largest absolute Gasteiger partial charge is 0.490 e. The van der Waals surface area contributed by atoms with Gasteiger partial charge in [-0.25, -0.2) is 0 Å². The number of hydrogen-bond donors (Lipinski definition) is 1. The van der Waals surface area contributed by atoms with E-state index in [-0.39, 0.29) is 25.7 Å². The Hall–Kier alpha value is -2.09. The van der Waals surface area contributed by atoms with Gasteiger partial charge in [-0.1, -0.05) is 30.3 Å². The van der Waals surface area contributed by atoms with Crippen molar-refractivity contribution in [3.63, 3.8) is 0 Å². The predicted molar refractivity (Wildman–Crippen MR) is 94.4 cm³/mol. The van der Waals surface area contributed by atoms with E-state index in [1.165, 1.54) is 0 Å². The van der Waals surface area contributed by atoms with Gasteiger partial charge in [0.1, 0.15) is 25.5 Å². The molecule has 0 bridgehead atoms. The summed E-state index contributed by atoms with van der Waals surface area (Å²) in [6.07, 6.45) is 0. The molecule has 2 rings (SSSR count). The van der Waals surface area contributed by atoms with E-state index in [4.69, 9.17) is 9.47 Å². The Labute approximate surface area is 148 Å². The molecule has 0 radical (unpaired) electrons. The van der Waals surface area contributed by atoms with Crippen LogP contribution in [0.2, 0.25) is 0 Å². The summed E-state index contributed by atoms with van der Waals surface area (Å²) < 4.78 is 11.2. The lowest BCUT2D eigenvalue weighted by molar-refractivity contribution is -0.143. The molecule has 0 unspecified atom stereocenters. The fourth-order valence-electron chi connectivity index (χ4n) is 1.78. The monoisotopic (exact) mass is 425 g/mol. The van der Waals surface area contributed by atoms with E-state index < -0.39 is 5.97 Å². The molecule has 6 heteroatoms. The minimum absolute atomic E-state index is 0.131.